The number of halogens is 1. The first-order valence-corrected chi connectivity index (χ1v) is 8.57. The SMILES string of the molecule is CC(C)Oc1ccccc1NC(=O)c1cc(Nc2ccccc2F)ccn1. The van der Waals surface area contributed by atoms with Crippen molar-refractivity contribution in [2.24, 2.45) is 0 Å². The van der Waals surface area contributed by atoms with E-state index in [2.05, 4.69) is 15.6 Å². The van der Waals surface area contributed by atoms with E-state index in [-0.39, 0.29) is 23.5 Å². The van der Waals surface area contributed by atoms with Crippen molar-refractivity contribution in [1.29, 1.82) is 0 Å². The lowest BCUT2D eigenvalue weighted by molar-refractivity contribution is 0.102. The smallest absolute Gasteiger partial charge is 0.274 e. The van der Waals surface area contributed by atoms with Crippen LogP contribution in [0.4, 0.5) is 21.5 Å². The molecule has 3 aromatic rings. The van der Waals surface area contributed by atoms with Gasteiger partial charge in [-0.05, 0) is 50.2 Å². The van der Waals surface area contributed by atoms with Crippen LogP contribution in [0.5, 0.6) is 5.75 Å². The molecule has 0 radical (unpaired) electrons. The molecule has 0 aliphatic rings. The maximum atomic E-state index is 13.8. The summed E-state index contributed by atoms with van der Waals surface area (Å²) in [5.74, 6) is -0.173. The second-order valence-corrected chi connectivity index (χ2v) is 6.15. The summed E-state index contributed by atoms with van der Waals surface area (Å²) in [6.07, 6.45) is 1.48. The van der Waals surface area contributed by atoms with Gasteiger partial charge in [0, 0.05) is 11.9 Å². The molecule has 0 aliphatic heterocycles. The summed E-state index contributed by atoms with van der Waals surface area (Å²) in [6.45, 7) is 3.83. The number of anilines is 3. The minimum atomic E-state index is -0.382. The van der Waals surface area contributed by atoms with Crippen molar-refractivity contribution in [3.05, 3.63) is 78.4 Å². The zero-order valence-electron chi connectivity index (χ0n) is 15.1. The Bertz CT molecular complexity index is 944. The van der Waals surface area contributed by atoms with E-state index in [1.807, 2.05) is 26.0 Å². The third-order valence-electron chi connectivity index (χ3n) is 3.64. The number of nitrogens with one attached hydrogen (secondary N) is 2. The predicted molar refractivity (Wildman–Crippen MR) is 104 cm³/mol. The molecule has 3 rings (SSSR count). The Balaban J connectivity index is 1.77. The minimum absolute atomic E-state index is 0.0190. The highest BCUT2D eigenvalue weighted by molar-refractivity contribution is 6.04. The summed E-state index contributed by atoms with van der Waals surface area (Å²) in [5, 5.41) is 5.76. The largest absolute Gasteiger partial charge is 0.489 e. The molecule has 1 amide bonds. The summed E-state index contributed by atoms with van der Waals surface area (Å²) in [7, 11) is 0. The van der Waals surface area contributed by atoms with Crippen molar-refractivity contribution in [3.63, 3.8) is 0 Å². The first-order chi connectivity index (χ1) is 13.0. The van der Waals surface area contributed by atoms with Crippen LogP contribution in [0.3, 0.4) is 0 Å². The van der Waals surface area contributed by atoms with Crippen molar-refractivity contribution in [2.75, 3.05) is 10.6 Å². The van der Waals surface area contributed by atoms with Crippen molar-refractivity contribution in [1.82, 2.24) is 4.98 Å². The quantitative estimate of drug-likeness (QED) is 0.645. The maximum absolute atomic E-state index is 13.8. The van der Waals surface area contributed by atoms with E-state index in [1.165, 1.54) is 12.3 Å². The van der Waals surface area contributed by atoms with E-state index < -0.39 is 0 Å². The molecule has 6 heteroatoms. The summed E-state index contributed by atoms with van der Waals surface area (Å²) in [6, 6.07) is 16.8. The highest BCUT2D eigenvalue weighted by Gasteiger charge is 2.13. The van der Waals surface area contributed by atoms with Gasteiger partial charge >= 0.3 is 0 Å². The van der Waals surface area contributed by atoms with Crippen LogP contribution in [0.2, 0.25) is 0 Å². The highest BCUT2D eigenvalue weighted by atomic mass is 19.1. The van der Waals surface area contributed by atoms with Crippen LogP contribution in [0.15, 0.2) is 66.9 Å². The average molecular weight is 365 g/mol. The molecule has 0 bridgehead atoms. The van der Waals surface area contributed by atoms with Gasteiger partial charge in [0.05, 0.1) is 17.5 Å². The molecular weight excluding hydrogens is 345 g/mol. The monoisotopic (exact) mass is 365 g/mol. The molecular formula is C21H20FN3O2. The van der Waals surface area contributed by atoms with Crippen LogP contribution in [0, 0.1) is 5.82 Å². The fourth-order valence-corrected chi connectivity index (χ4v) is 2.46. The Morgan fingerprint density at radius 1 is 1.04 bits per heavy atom. The molecule has 0 aliphatic carbocycles. The normalized spacial score (nSPS) is 10.5. The molecule has 0 unspecified atom stereocenters. The van der Waals surface area contributed by atoms with Gasteiger partial charge < -0.3 is 15.4 Å². The van der Waals surface area contributed by atoms with E-state index in [4.69, 9.17) is 4.74 Å². The standard InChI is InChI=1S/C21H20FN3O2/c1-14(2)27-20-10-6-5-9-18(20)25-21(26)19-13-15(11-12-23-19)24-17-8-4-3-7-16(17)22/h3-14H,1-2H3,(H,23,24)(H,25,26). The molecule has 0 fully saturated rings. The van der Waals surface area contributed by atoms with Gasteiger partial charge in [-0.1, -0.05) is 24.3 Å². The van der Waals surface area contributed by atoms with Gasteiger partial charge in [0.2, 0.25) is 0 Å². The van der Waals surface area contributed by atoms with Crippen LogP contribution in [0.25, 0.3) is 0 Å². The maximum Gasteiger partial charge on any atom is 0.274 e. The number of carbonyl (C=O) groups is 1. The van der Waals surface area contributed by atoms with Gasteiger partial charge in [-0.2, -0.15) is 0 Å². The van der Waals surface area contributed by atoms with Crippen LogP contribution in [-0.4, -0.2) is 17.0 Å². The number of amides is 1. The number of nitrogens with zero attached hydrogens (tertiary/aromatic N) is 1. The van der Waals surface area contributed by atoms with Gasteiger partial charge in [0.15, 0.2) is 0 Å². The van der Waals surface area contributed by atoms with E-state index in [0.29, 0.717) is 22.8 Å². The van der Waals surface area contributed by atoms with Crippen molar-refractivity contribution in [2.45, 2.75) is 20.0 Å². The Labute approximate surface area is 157 Å². The lowest BCUT2D eigenvalue weighted by Gasteiger charge is -2.15. The van der Waals surface area contributed by atoms with Crippen molar-refractivity contribution in [3.8, 4) is 5.75 Å². The van der Waals surface area contributed by atoms with Crippen LogP contribution in [-0.2, 0) is 0 Å². The molecule has 2 aromatic carbocycles. The lowest BCUT2D eigenvalue weighted by atomic mass is 10.2. The van der Waals surface area contributed by atoms with Gasteiger partial charge in [-0.15, -0.1) is 0 Å². The summed E-state index contributed by atoms with van der Waals surface area (Å²) in [5.41, 5.74) is 1.65. The number of hydrogen-bond donors (Lipinski definition) is 2. The number of aromatic nitrogens is 1. The first kappa shape index (κ1) is 18.4. The number of benzene rings is 2. The van der Waals surface area contributed by atoms with Crippen LogP contribution in [0.1, 0.15) is 24.3 Å². The number of rotatable bonds is 6. The van der Waals surface area contributed by atoms with Gasteiger partial charge in [0.25, 0.3) is 5.91 Å². The van der Waals surface area contributed by atoms with Crippen LogP contribution < -0.4 is 15.4 Å². The highest BCUT2D eigenvalue weighted by Crippen LogP contribution is 2.26. The van der Waals surface area contributed by atoms with Gasteiger partial charge in [0.1, 0.15) is 17.3 Å². The Morgan fingerprint density at radius 2 is 1.74 bits per heavy atom. The zero-order chi connectivity index (χ0) is 19.2. The molecule has 1 heterocycles. The van der Waals surface area contributed by atoms with E-state index >= 15 is 0 Å². The van der Waals surface area contributed by atoms with Crippen molar-refractivity contribution < 1.29 is 13.9 Å². The van der Waals surface area contributed by atoms with Gasteiger partial charge in [-0.25, -0.2) is 4.39 Å². The summed E-state index contributed by atoms with van der Waals surface area (Å²) < 4.78 is 19.5. The fourth-order valence-electron chi connectivity index (χ4n) is 2.46. The Morgan fingerprint density at radius 3 is 2.48 bits per heavy atom. The van der Waals surface area contributed by atoms with Crippen molar-refractivity contribution >= 4 is 23.0 Å². The third kappa shape index (κ3) is 4.82. The molecule has 138 valence electrons. The number of carbonyl (C=O) groups excluding carboxylic acids is 1. The topological polar surface area (TPSA) is 63.2 Å². The fraction of sp³-hybridized carbons (Fsp3) is 0.143. The first-order valence-electron chi connectivity index (χ1n) is 8.57. The molecule has 0 saturated heterocycles. The molecule has 5 nitrogen and oxygen atoms in total. The predicted octanol–water partition coefficient (Wildman–Crippen LogP) is 5.00. The van der Waals surface area contributed by atoms with E-state index in [9.17, 15) is 9.18 Å². The van der Waals surface area contributed by atoms with E-state index in [0.717, 1.165) is 0 Å². The number of ether oxygens (including phenoxy) is 1. The van der Waals surface area contributed by atoms with Gasteiger partial charge in [-0.3, -0.25) is 9.78 Å². The van der Waals surface area contributed by atoms with E-state index in [1.54, 1.807) is 42.5 Å². The van der Waals surface area contributed by atoms with Crippen LogP contribution >= 0.6 is 0 Å². The average Bonchev–Trinajstić information content (AvgIpc) is 2.65. The second kappa shape index (κ2) is 8.31. The summed E-state index contributed by atoms with van der Waals surface area (Å²) in [4.78, 5) is 16.7. The molecule has 0 saturated carbocycles. The molecule has 2 N–H and O–H groups in total. The number of para-hydroxylation sites is 3. The lowest BCUT2D eigenvalue weighted by Crippen LogP contribution is -2.15. The Kier molecular flexibility index (Phi) is 5.66. The zero-order valence-corrected chi connectivity index (χ0v) is 15.1. The second-order valence-electron chi connectivity index (χ2n) is 6.15. The molecule has 1 aromatic heterocycles. The third-order valence-corrected chi connectivity index (χ3v) is 3.64. The molecule has 27 heavy (non-hydrogen) atoms. The minimum Gasteiger partial charge on any atom is -0.489 e. The summed E-state index contributed by atoms with van der Waals surface area (Å²) >= 11 is 0. The number of hydrogen-bond acceptors (Lipinski definition) is 4. The molecule has 0 spiro atoms. The Hall–Kier alpha value is -3.41. The molecule has 0 atom stereocenters. The number of pyridine rings is 1.